The summed E-state index contributed by atoms with van der Waals surface area (Å²) in [6, 6.07) is 0.676. The maximum Gasteiger partial charge on any atom is 0.225 e. The molecule has 2 aliphatic carbocycles. The fourth-order valence-corrected chi connectivity index (χ4v) is 4.00. The predicted octanol–water partition coefficient (Wildman–Crippen LogP) is 2.82. The Labute approximate surface area is 123 Å². The third-order valence-corrected chi connectivity index (χ3v) is 5.01. The number of rotatable bonds is 3. The van der Waals surface area contributed by atoms with Crippen LogP contribution in [0.15, 0.2) is 0 Å². The minimum Gasteiger partial charge on any atom is -0.340 e. The summed E-state index contributed by atoms with van der Waals surface area (Å²) >= 11 is 0. The van der Waals surface area contributed by atoms with Gasteiger partial charge in [-0.2, -0.15) is 0 Å². The van der Waals surface area contributed by atoms with Crippen molar-refractivity contribution >= 4 is 18.3 Å². The second kappa shape index (κ2) is 6.94. The average molecular weight is 289 g/mol. The Morgan fingerprint density at radius 2 is 1.79 bits per heavy atom. The van der Waals surface area contributed by atoms with Crippen molar-refractivity contribution in [3.63, 3.8) is 0 Å². The van der Waals surface area contributed by atoms with Gasteiger partial charge in [-0.15, -0.1) is 12.4 Å². The summed E-state index contributed by atoms with van der Waals surface area (Å²) in [6.07, 6.45) is 5.83. The first-order valence-corrected chi connectivity index (χ1v) is 7.60. The number of nitrogens with zero attached hydrogens (tertiary/aromatic N) is 1. The molecule has 2 rings (SSSR count). The molecule has 0 aromatic rings. The Morgan fingerprint density at radius 1 is 1.26 bits per heavy atom. The van der Waals surface area contributed by atoms with Crippen molar-refractivity contribution in [2.45, 2.75) is 65.0 Å². The van der Waals surface area contributed by atoms with Gasteiger partial charge in [-0.05, 0) is 58.3 Å². The van der Waals surface area contributed by atoms with Crippen LogP contribution >= 0.6 is 12.4 Å². The Bertz CT molecular complexity index is 295. The van der Waals surface area contributed by atoms with E-state index in [2.05, 4.69) is 20.8 Å². The fourth-order valence-electron chi connectivity index (χ4n) is 4.00. The smallest absolute Gasteiger partial charge is 0.225 e. The van der Waals surface area contributed by atoms with Crippen LogP contribution in [-0.4, -0.2) is 29.4 Å². The van der Waals surface area contributed by atoms with Crippen LogP contribution in [-0.2, 0) is 4.79 Å². The molecular weight excluding hydrogens is 260 g/mol. The lowest BCUT2D eigenvalue weighted by Gasteiger charge is -2.44. The van der Waals surface area contributed by atoms with Crippen molar-refractivity contribution in [3.8, 4) is 0 Å². The lowest BCUT2D eigenvalue weighted by atomic mass is 9.65. The van der Waals surface area contributed by atoms with Gasteiger partial charge >= 0.3 is 0 Å². The molecule has 0 aromatic carbocycles. The van der Waals surface area contributed by atoms with Gasteiger partial charge in [0, 0.05) is 24.5 Å². The van der Waals surface area contributed by atoms with Gasteiger partial charge in [-0.3, -0.25) is 4.79 Å². The van der Waals surface area contributed by atoms with Crippen LogP contribution in [0.1, 0.15) is 52.9 Å². The topological polar surface area (TPSA) is 46.3 Å². The molecule has 1 amide bonds. The number of carbonyl (C=O) groups excluding carboxylic acids is 1. The van der Waals surface area contributed by atoms with Crippen LogP contribution in [0.25, 0.3) is 0 Å². The number of halogens is 1. The first kappa shape index (κ1) is 16.8. The van der Waals surface area contributed by atoms with E-state index in [1.807, 2.05) is 4.90 Å². The van der Waals surface area contributed by atoms with E-state index in [1.165, 1.54) is 19.3 Å². The molecule has 0 aliphatic heterocycles. The third-order valence-electron chi connectivity index (χ3n) is 5.01. The monoisotopic (exact) mass is 288 g/mol. The molecule has 3 nitrogen and oxygen atoms in total. The van der Waals surface area contributed by atoms with Crippen molar-refractivity contribution in [2.24, 2.45) is 23.5 Å². The molecular formula is C15H29ClN2O. The molecule has 4 heteroatoms. The van der Waals surface area contributed by atoms with Gasteiger partial charge in [0.05, 0.1) is 0 Å². The van der Waals surface area contributed by atoms with Crippen LogP contribution in [0.2, 0.25) is 0 Å². The zero-order valence-electron chi connectivity index (χ0n) is 12.5. The maximum absolute atomic E-state index is 12.6. The minimum absolute atomic E-state index is 0. The molecule has 2 fully saturated rings. The van der Waals surface area contributed by atoms with Gasteiger partial charge in [0.2, 0.25) is 5.91 Å². The Balaban J connectivity index is 0.00000180. The maximum atomic E-state index is 12.6. The molecule has 2 unspecified atom stereocenters. The summed E-state index contributed by atoms with van der Waals surface area (Å²) in [5.41, 5.74) is 6.29. The summed E-state index contributed by atoms with van der Waals surface area (Å²) in [6.45, 7) is 7.12. The zero-order chi connectivity index (χ0) is 13.3. The number of carbonyl (C=O) groups is 1. The van der Waals surface area contributed by atoms with E-state index in [1.54, 1.807) is 0 Å². The van der Waals surface area contributed by atoms with Crippen LogP contribution in [0.3, 0.4) is 0 Å². The van der Waals surface area contributed by atoms with E-state index in [4.69, 9.17) is 5.73 Å². The van der Waals surface area contributed by atoms with E-state index < -0.39 is 0 Å². The standard InChI is InChI=1S/C15H28N2O.ClH/c1-4-17(10(2)3)15(18)13-8-11-6-5-7-12(9-13)14(11)16;/h10-14H,4-9,16H2,1-3H3;1H. The molecule has 19 heavy (non-hydrogen) atoms. The summed E-state index contributed by atoms with van der Waals surface area (Å²) in [5, 5.41) is 0. The van der Waals surface area contributed by atoms with Crippen molar-refractivity contribution in [1.29, 1.82) is 0 Å². The molecule has 112 valence electrons. The summed E-state index contributed by atoms with van der Waals surface area (Å²) in [7, 11) is 0. The van der Waals surface area contributed by atoms with E-state index >= 15 is 0 Å². The molecule has 2 bridgehead atoms. The van der Waals surface area contributed by atoms with Gasteiger partial charge < -0.3 is 10.6 Å². The number of amides is 1. The van der Waals surface area contributed by atoms with Gasteiger partial charge in [-0.25, -0.2) is 0 Å². The number of fused-ring (bicyclic) bond motifs is 2. The molecule has 2 N–H and O–H groups in total. The van der Waals surface area contributed by atoms with Crippen molar-refractivity contribution in [1.82, 2.24) is 4.90 Å². The third kappa shape index (κ3) is 3.43. The van der Waals surface area contributed by atoms with Gasteiger partial charge in [0.25, 0.3) is 0 Å². The number of hydrogen-bond donors (Lipinski definition) is 1. The highest BCUT2D eigenvalue weighted by molar-refractivity contribution is 5.85. The summed E-state index contributed by atoms with van der Waals surface area (Å²) in [4.78, 5) is 14.6. The highest BCUT2D eigenvalue weighted by Gasteiger charge is 2.41. The fraction of sp³-hybridized carbons (Fsp3) is 0.933. The molecule has 2 saturated carbocycles. The normalized spacial score (nSPS) is 33.7. The lowest BCUT2D eigenvalue weighted by molar-refractivity contribution is -0.140. The van der Waals surface area contributed by atoms with Crippen LogP contribution in [0, 0.1) is 17.8 Å². The average Bonchev–Trinajstić information content (AvgIpc) is 2.28. The second-order valence-corrected chi connectivity index (χ2v) is 6.41. The predicted molar refractivity (Wildman–Crippen MR) is 81.3 cm³/mol. The molecule has 0 saturated heterocycles. The highest BCUT2D eigenvalue weighted by atomic mass is 35.5. The molecule has 2 aliphatic rings. The first-order valence-electron chi connectivity index (χ1n) is 7.60. The molecule has 2 atom stereocenters. The zero-order valence-corrected chi connectivity index (χ0v) is 13.3. The van der Waals surface area contributed by atoms with E-state index in [0.717, 1.165) is 19.4 Å². The Hall–Kier alpha value is -0.280. The quantitative estimate of drug-likeness (QED) is 0.868. The number of nitrogens with two attached hydrogens (primary N) is 1. The first-order chi connectivity index (χ1) is 8.54. The summed E-state index contributed by atoms with van der Waals surface area (Å²) in [5.74, 6) is 1.80. The minimum atomic E-state index is 0. The number of hydrogen-bond acceptors (Lipinski definition) is 2. The van der Waals surface area contributed by atoms with Crippen molar-refractivity contribution in [3.05, 3.63) is 0 Å². The second-order valence-electron chi connectivity index (χ2n) is 6.41. The van der Waals surface area contributed by atoms with E-state index in [0.29, 0.717) is 29.8 Å². The van der Waals surface area contributed by atoms with E-state index in [9.17, 15) is 4.79 Å². The Kier molecular flexibility index (Phi) is 6.13. The van der Waals surface area contributed by atoms with Gasteiger partial charge in [-0.1, -0.05) is 6.42 Å². The molecule has 0 radical (unpaired) electrons. The van der Waals surface area contributed by atoms with Gasteiger partial charge in [0.1, 0.15) is 0 Å². The highest BCUT2D eigenvalue weighted by Crippen LogP contribution is 2.42. The largest absolute Gasteiger partial charge is 0.340 e. The molecule has 0 aromatic heterocycles. The van der Waals surface area contributed by atoms with Crippen LogP contribution in [0.5, 0.6) is 0 Å². The van der Waals surface area contributed by atoms with Gasteiger partial charge in [0.15, 0.2) is 0 Å². The SMILES string of the molecule is CCN(C(=O)C1CC2CCCC(C1)C2N)C(C)C.Cl. The van der Waals surface area contributed by atoms with E-state index in [-0.39, 0.29) is 18.3 Å². The molecule has 0 spiro atoms. The Morgan fingerprint density at radius 3 is 2.21 bits per heavy atom. The lowest BCUT2D eigenvalue weighted by Crippen LogP contribution is -2.50. The van der Waals surface area contributed by atoms with Crippen molar-refractivity contribution < 1.29 is 4.79 Å². The van der Waals surface area contributed by atoms with Crippen molar-refractivity contribution in [2.75, 3.05) is 6.54 Å². The summed E-state index contributed by atoms with van der Waals surface area (Å²) < 4.78 is 0. The van der Waals surface area contributed by atoms with Crippen LogP contribution in [0.4, 0.5) is 0 Å². The molecule has 0 heterocycles. The van der Waals surface area contributed by atoms with Crippen LogP contribution < -0.4 is 5.73 Å².